The van der Waals surface area contributed by atoms with Crippen LogP contribution >= 0.6 is 15.9 Å². The van der Waals surface area contributed by atoms with Crippen LogP contribution in [0.15, 0.2) is 35.1 Å². The monoisotopic (exact) mass is 376 g/mol. The van der Waals surface area contributed by atoms with Crippen LogP contribution in [0.1, 0.15) is 42.2 Å². The van der Waals surface area contributed by atoms with Crippen LogP contribution in [-0.4, -0.2) is 22.4 Å². The molecule has 0 atom stereocenters. The van der Waals surface area contributed by atoms with Gasteiger partial charge in [0.2, 0.25) is 0 Å². The van der Waals surface area contributed by atoms with Gasteiger partial charge >= 0.3 is 0 Å². The maximum absolute atomic E-state index is 12.2. The van der Waals surface area contributed by atoms with E-state index in [9.17, 15) is 4.79 Å². The highest BCUT2D eigenvalue weighted by Gasteiger charge is 2.10. The van der Waals surface area contributed by atoms with Gasteiger partial charge in [-0.3, -0.25) is 4.79 Å². The van der Waals surface area contributed by atoms with Crippen LogP contribution in [0.4, 0.5) is 11.5 Å². The Morgan fingerprint density at radius 1 is 1.22 bits per heavy atom. The zero-order valence-electron chi connectivity index (χ0n) is 13.4. The molecule has 0 aliphatic heterocycles. The van der Waals surface area contributed by atoms with E-state index in [0.29, 0.717) is 11.5 Å². The van der Waals surface area contributed by atoms with Gasteiger partial charge in [-0.1, -0.05) is 35.7 Å². The minimum absolute atomic E-state index is 0.263. The van der Waals surface area contributed by atoms with Gasteiger partial charge in [0.15, 0.2) is 0 Å². The maximum Gasteiger partial charge on any atom is 0.275 e. The predicted molar refractivity (Wildman–Crippen MR) is 96.9 cm³/mol. The van der Waals surface area contributed by atoms with Crippen LogP contribution in [0.2, 0.25) is 0 Å². The Bertz CT molecular complexity index is 658. The molecule has 6 heteroatoms. The Morgan fingerprint density at radius 2 is 2.04 bits per heavy atom. The van der Waals surface area contributed by atoms with Crippen molar-refractivity contribution in [1.82, 2.24) is 9.97 Å². The molecule has 2 N–H and O–H groups in total. The summed E-state index contributed by atoms with van der Waals surface area (Å²) in [5.41, 5.74) is 2.04. The van der Waals surface area contributed by atoms with Gasteiger partial charge in [-0.2, -0.15) is 0 Å². The Labute approximate surface area is 145 Å². The van der Waals surface area contributed by atoms with Crippen molar-refractivity contribution in [1.29, 1.82) is 0 Å². The summed E-state index contributed by atoms with van der Waals surface area (Å²) in [6.07, 6.45) is 6.56. The van der Waals surface area contributed by atoms with Crippen LogP contribution < -0.4 is 10.6 Å². The molecule has 1 aromatic heterocycles. The van der Waals surface area contributed by atoms with Crippen LogP contribution in [-0.2, 0) is 0 Å². The molecule has 0 aliphatic rings. The number of rotatable bonds is 7. The predicted octanol–water partition coefficient (Wildman–Crippen LogP) is 4.40. The number of benzene rings is 1. The lowest BCUT2D eigenvalue weighted by Crippen LogP contribution is -2.15. The van der Waals surface area contributed by atoms with Crippen molar-refractivity contribution in [2.45, 2.75) is 33.1 Å². The van der Waals surface area contributed by atoms with Gasteiger partial charge in [-0.05, 0) is 37.1 Å². The molecule has 0 unspecified atom stereocenters. The van der Waals surface area contributed by atoms with Gasteiger partial charge in [0.05, 0.1) is 12.4 Å². The average Bonchev–Trinajstić information content (AvgIpc) is 2.55. The molecule has 2 rings (SSSR count). The molecule has 1 aromatic carbocycles. The number of aryl methyl sites for hydroxylation is 1. The summed E-state index contributed by atoms with van der Waals surface area (Å²) in [6, 6.07) is 5.69. The number of halogens is 1. The Kier molecular flexibility index (Phi) is 6.52. The number of carbonyl (C=O) groups is 1. The summed E-state index contributed by atoms with van der Waals surface area (Å²) in [6.45, 7) is 4.97. The fraction of sp³-hybridized carbons (Fsp3) is 0.353. The number of nitrogens with one attached hydrogen (secondary N) is 2. The van der Waals surface area contributed by atoms with Crippen molar-refractivity contribution in [2.75, 3.05) is 17.2 Å². The number of amides is 1. The SMILES string of the molecule is CCCCCNc1cnc(C(=O)Nc2ccc(Br)cc2C)cn1. The molecule has 0 aliphatic carbocycles. The van der Waals surface area contributed by atoms with Gasteiger partial charge < -0.3 is 10.6 Å². The molecule has 122 valence electrons. The van der Waals surface area contributed by atoms with E-state index in [0.717, 1.165) is 28.7 Å². The number of anilines is 2. The molecule has 1 heterocycles. The van der Waals surface area contributed by atoms with E-state index in [4.69, 9.17) is 0 Å². The molecule has 1 amide bonds. The Balaban J connectivity index is 1.94. The number of aromatic nitrogens is 2. The second-order valence-corrected chi connectivity index (χ2v) is 6.25. The number of hydrogen-bond acceptors (Lipinski definition) is 4. The third kappa shape index (κ3) is 5.32. The third-order valence-electron chi connectivity index (χ3n) is 3.41. The standard InChI is InChI=1S/C17H21BrN4O/c1-3-4-5-8-19-16-11-20-15(10-21-16)17(23)22-14-7-6-13(18)9-12(14)2/h6-7,9-11H,3-5,8H2,1-2H3,(H,19,21)(H,22,23). The van der Waals surface area contributed by atoms with E-state index >= 15 is 0 Å². The second kappa shape index (κ2) is 8.62. The Morgan fingerprint density at radius 3 is 2.70 bits per heavy atom. The van der Waals surface area contributed by atoms with Crippen molar-refractivity contribution in [3.8, 4) is 0 Å². The summed E-state index contributed by atoms with van der Waals surface area (Å²) < 4.78 is 0.978. The lowest BCUT2D eigenvalue weighted by atomic mass is 10.2. The van der Waals surface area contributed by atoms with Crippen molar-refractivity contribution >= 4 is 33.3 Å². The minimum atomic E-state index is -0.263. The summed E-state index contributed by atoms with van der Waals surface area (Å²) >= 11 is 3.40. The largest absolute Gasteiger partial charge is 0.369 e. The number of nitrogens with zero attached hydrogens (tertiary/aromatic N) is 2. The first-order chi connectivity index (χ1) is 11.1. The van der Waals surface area contributed by atoms with E-state index in [-0.39, 0.29) is 5.91 Å². The molecule has 0 spiro atoms. The van der Waals surface area contributed by atoms with Gasteiger partial charge in [0, 0.05) is 16.7 Å². The number of carbonyl (C=O) groups excluding carboxylic acids is 1. The molecule has 2 aromatic rings. The van der Waals surface area contributed by atoms with Crippen LogP contribution in [0.5, 0.6) is 0 Å². The molecule has 0 radical (unpaired) electrons. The van der Waals surface area contributed by atoms with Crippen molar-refractivity contribution in [3.05, 3.63) is 46.3 Å². The van der Waals surface area contributed by atoms with Crippen LogP contribution in [0.25, 0.3) is 0 Å². The summed E-state index contributed by atoms with van der Waals surface area (Å²) in [7, 11) is 0. The van der Waals surface area contributed by atoms with E-state index in [2.05, 4.69) is 43.5 Å². The number of hydrogen-bond donors (Lipinski definition) is 2. The Hall–Kier alpha value is -1.95. The molecule has 0 fully saturated rings. The summed E-state index contributed by atoms with van der Waals surface area (Å²) in [4.78, 5) is 20.6. The van der Waals surface area contributed by atoms with E-state index < -0.39 is 0 Å². The minimum Gasteiger partial charge on any atom is -0.369 e. The molecule has 0 bridgehead atoms. The first-order valence-corrected chi connectivity index (χ1v) is 8.53. The highest BCUT2D eigenvalue weighted by molar-refractivity contribution is 9.10. The molecule has 23 heavy (non-hydrogen) atoms. The average molecular weight is 377 g/mol. The third-order valence-corrected chi connectivity index (χ3v) is 3.90. The zero-order chi connectivity index (χ0) is 16.7. The molecular weight excluding hydrogens is 356 g/mol. The van der Waals surface area contributed by atoms with Crippen molar-refractivity contribution < 1.29 is 4.79 Å². The summed E-state index contributed by atoms with van der Waals surface area (Å²) in [5.74, 6) is 0.429. The van der Waals surface area contributed by atoms with E-state index in [1.165, 1.54) is 19.0 Å². The van der Waals surface area contributed by atoms with E-state index in [1.54, 1.807) is 6.20 Å². The topological polar surface area (TPSA) is 66.9 Å². The lowest BCUT2D eigenvalue weighted by molar-refractivity contribution is 0.102. The smallest absolute Gasteiger partial charge is 0.275 e. The van der Waals surface area contributed by atoms with Gasteiger partial charge in [0.1, 0.15) is 11.5 Å². The zero-order valence-corrected chi connectivity index (χ0v) is 15.0. The van der Waals surface area contributed by atoms with Gasteiger partial charge in [0.25, 0.3) is 5.91 Å². The first-order valence-electron chi connectivity index (χ1n) is 7.73. The van der Waals surface area contributed by atoms with E-state index in [1.807, 2.05) is 25.1 Å². The lowest BCUT2D eigenvalue weighted by Gasteiger charge is -2.09. The van der Waals surface area contributed by atoms with Gasteiger partial charge in [-0.15, -0.1) is 0 Å². The summed E-state index contributed by atoms with van der Waals surface area (Å²) in [5, 5.41) is 6.05. The highest BCUT2D eigenvalue weighted by Crippen LogP contribution is 2.20. The van der Waals surface area contributed by atoms with Gasteiger partial charge in [-0.25, -0.2) is 9.97 Å². The maximum atomic E-state index is 12.2. The van der Waals surface area contributed by atoms with Crippen molar-refractivity contribution in [2.24, 2.45) is 0 Å². The van der Waals surface area contributed by atoms with Crippen molar-refractivity contribution in [3.63, 3.8) is 0 Å². The fourth-order valence-electron chi connectivity index (χ4n) is 2.08. The molecule has 5 nitrogen and oxygen atoms in total. The molecule has 0 saturated carbocycles. The first kappa shape index (κ1) is 17.4. The highest BCUT2D eigenvalue weighted by atomic mass is 79.9. The molecular formula is C17H21BrN4O. The second-order valence-electron chi connectivity index (χ2n) is 5.33. The fourth-order valence-corrected chi connectivity index (χ4v) is 2.56. The molecule has 0 saturated heterocycles. The number of unbranched alkanes of at least 4 members (excludes halogenated alkanes) is 2. The quantitative estimate of drug-likeness (QED) is 0.702. The van der Waals surface area contributed by atoms with Crippen LogP contribution in [0.3, 0.4) is 0 Å². The van der Waals surface area contributed by atoms with Crippen LogP contribution in [0, 0.1) is 6.92 Å². The normalized spacial score (nSPS) is 10.4.